The van der Waals surface area contributed by atoms with Crippen LogP contribution in [0, 0.1) is 18.8 Å². The van der Waals surface area contributed by atoms with Crippen LogP contribution in [-0.4, -0.2) is 40.1 Å². The van der Waals surface area contributed by atoms with Gasteiger partial charge in [-0.2, -0.15) is 4.98 Å². The smallest absolute Gasteiger partial charge is 0.234 e. The van der Waals surface area contributed by atoms with E-state index in [0.29, 0.717) is 11.7 Å². The van der Waals surface area contributed by atoms with Gasteiger partial charge in [0.25, 0.3) is 0 Å². The second kappa shape index (κ2) is 7.08. The Morgan fingerprint density at radius 2 is 2.15 bits per heavy atom. The van der Waals surface area contributed by atoms with Crippen molar-refractivity contribution in [2.45, 2.75) is 51.6 Å². The van der Waals surface area contributed by atoms with Crippen LogP contribution in [0.3, 0.4) is 0 Å². The van der Waals surface area contributed by atoms with E-state index in [1.807, 2.05) is 26.8 Å². The van der Waals surface area contributed by atoms with Gasteiger partial charge in [0.2, 0.25) is 11.8 Å². The minimum atomic E-state index is -0.162. The lowest BCUT2D eigenvalue weighted by molar-refractivity contribution is -0.124. The Hall–Kier alpha value is -2.21. The SMILES string of the molecule is Cc1noc([C@]23C[C@H](NC(=O)C(C)C)C[C@H]2CN(Cc2ccccc2)C3)n1. The average molecular weight is 368 g/mol. The molecule has 4 rings (SSSR count). The first kappa shape index (κ1) is 18.2. The predicted octanol–water partition coefficient (Wildman–Crippen LogP) is 2.68. The van der Waals surface area contributed by atoms with Gasteiger partial charge < -0.3 is 9.84 Å². The molecule has 144 valence electrons. The molecule has 0 radical (unpaired) electrons. The highest BCUT2D eigenvalue weighted by atomic mass is 16.5. The maximum absolute atomic E-state index is 12.2. The largest absolute Gasteiger partial charge is 0.353 e. The third kappa shape index (κ3) is 3.50. The molecule has 6 nitrogen and oxygen atoms in total. The van der Waals surface area contributed by atoms with Gasteiger partial charge in [-0.15, -0.1) is 0 Å². The first-order valence-electron chi connectivity index (χ1n) is 9.84. The molecule has 27 heavy (non-hydrogen) atoms. The van der Waals surface area contributed by atoms with E-state index in [1.165, 1.54) is 5.56 Å². The molecule has 1 aromatic heterocycles. The molecule has 2 fully saturated rings. The summed E-state index contributed by atoms with van der Waals surface area (Å²) in [5.41, 5.74) is 1.16. The monoisotopic (exact) mass is 368 g/mol. The second-order valence-corrected chi connectivity index (χ2v) is 8.46. The number of carbonyl (C=O) groups is 1. The van der Waals surface area contributed by atoms with Gasteiger partial charge in [-0.1, -0.05) is 49.3 Å². The van der Waals surface area contributed by atoms with Crippen molar-refractivity contribution in [2.75, 3.05) is 13.1 Å². The van der Waals surface area contributed by atoms with Crippen LogP contribution in [0.2, 0.25) is 0 Å². The molecule has 1 amide bonds. The van der Waals surface area contributed by atoms with Crippen molar-refractivity contribution < 1.29 is 9.32 Å². The van der Waals surface area contributed by atoms with Crippen LogP contribution in [0.5, 0.6) is 0 Å². The van der Waals surface area contributed by atoms with E-state index in [4.69, 9.17) is 4.52 Å². The molecule has 0 unspecified atom stereocenters. The van der Waals surface area contributed by atoms with E-state index in [-0.39, 0.29) is 23.3 Å². The molecular formula is C21H28N4O2. The van der Waals surface area contributed by atoms with Crippen molar-refractivity contribution >= 4 is 5.91 Å². The second-order valence-electron chi connectivity index (χ2n) is 8.46. The van der Waals surface area contributed by atoms with Crippen LogP contribution in [0.15, 0.2) is 34.9 Å². The fourth-order valence-electron chi connectivity index (χ4n) is 4.75. The molecule has 0 spiro atoms. The van der Waals surface area contributed by atoms with Crippen molar-refractivity contribution in [1.82, 2.24) is 20.4 Å². The maximum Gasteiger partial charge on any atom is 0.234 e. The molecule has 2 heterocycles. The lowest BCUT2D eigenvalue weighted by Gasteiger charge is -2.25. The van der Waals surface area contributed by atoms with Gasteiger partial charge >= 0.3 is 0 Å². The highest BCUT2D eigenvalue weighted by Crippen LogP contribution is 2.50. The summed E-state index contributed by atoms with van der Waals surface area (Å²) in [4.78, 5) is 19.3. The van der Waals surface area contributed by atoms with Crippen LogP contribution in [-0.2, 0) is 16.8 Å². The number of fused-ring (bicyclic) bond motifs is 1. The number of carbonyl (C=O) groups excluding carboxylic acids is 1. The lowest BCUT2D eigenvalue weighted by Crippen LogP contribution is -2.39. The van der Waals surface area contributed by atoms with E-state index < -0.39 is 0 Å². The quantitative estimate of drug-likeness (QED) is 0.879. The topological polar surface area (TPSA) is 71.3 Å². The van der Waals surface area contributed by atoms with E-state index in [0.717, 1.165) is 38.4 Å². The number of aryl methyl sites for hydroxylation is 1. The van der Waals surface area contributed by atoms with Gasteiger partial charge in [0.05, 0.1) is 5.41 Å². The summed E-state index contributed by atoms with van der Waals surface area (Å²) in [5.74, 6) is 1.95. The van der Waals surface area contributed by atoms with Gasteiger partial charge in [-0.05, 0) is 31.2 Å². The van der Waals surface area contributed by atoms with Crippen molar-refractivity contribution in [2.24, 2.45) is 11.8 Å². The van der Waals surface area contributed by atoms with Gasteiger partial charge in [-0.25, -0.2) is 0 Å². The van der Waals surface area contributed by atoms with Crippen molar-refractivity contribution in [3.63, 3.8) is 0 Å². The van der Waals surface area contributed by atoms with Crippen LogP contribution in [0.25, 0.3) is 0 Å². The molecule has 1 aliphatic heterocycles. The number of benzene rings is 1. The summed E-state index contributed by atoms with van der Waals surface area (Å²) in [6.07, 6.45) is 1.83. The Labute approximate surface area is 160 Å². The predicted molar refractivity (Wildman–Crippen MR) is 102 cm³/mol. The molecule has 1 saturated carbocycles. The van der Waals surface area contributed by atoms with E-state index in [9.17, 15) is 4.79 Å². The molecule has 2 aliphatic rings. The summed E-state index contributed by atoms with van der Waals surface area (Å²) in [6, 6.07) is 10.7. The van der Waals surface area contributed by atoms with E-state index in [2.05, 4.69) is 44.6 Å². The highest BCUT2D eigenvalue weighted by molar-refractivity contribution is 5.78. The standard InChI is InChI=1S/C21H28N4O2/c1-14(2)19(26)23-18-9-17-12-25(11-16-7-5-4-6-8-16)13-21(17,10-18)20-22-15(3)24-27-20/h4-8,14,17-18H,9-13H2,1-3H3,(H,23,26)/t17-,18+,21-/m0/s1. The Morgan fingerprint density at radius 3 is 2.81 bits per heavy atom. The van der Waals surface area contributed by atoms with E-state index >= 15 is 0 Å². The Balaban J connectivity index is 1.55. The third-order valence-electron chi connectivity index (χ3n) is 6.02. The van der Waals surface area contributed by atoms with Gasteiger partial charge in [-0.3, -0.25) is 9.69 Å². The summed E-state index contributed by atoms with van der Waals surface area (Å²) < 4.78 is 5.65. The number of nitrogens with zero attached hydrogens (tertiary/aromatic N) is 3. The number of hydrogen-bond donors (Lipinski definition) is 1. The Kier molecular flexibility index (Phi) is 4.76. The molecule has 1 N–H and O–H groups in total. The highest BCUT2D eigenvalue weighted by Gasteiger charge is 2.57. The number of nitrogens with one attached hydrogen (secondary N) is 1. The number of amides is 1. The minimum Gasteiger partial charge on any atom is -0.353 e. The van der Waals surface area contributed by atoms with Gasteiger partial charge in [0.1, 0.15) is 0 Å². The van der Waals surface area contributed by atoms with Crippen LogP contribution >= 0.6 is 0 Å². The molecule has 1 saturated heterocycles. The Morgan fingerprint density at radius 1 is 1.37 bits per heavy atom. The third-order valence-corrected chi connectivity index (χ3v) is 6.02. The van der Waals surface area contributed by atoms with Crippen molar-refractivity contribution in [3.05, 3.63) is 47.6 Å². The fraction of sp³-hybridized carbons (Fsp3) is 0.571. The molecule has 2 aromatic rings. The van der Waals surface area contributed by atoms with E-state index in [1.54, 1.807) is 0 Å². The summed E-state index contributed by atoms with van der Waals surface area (Å²) >= 11 is 0. The number of likely N-dealkylation sites (tertiary alicyclic amines) is 1. The zero-order valence-corrected chi connectivity index (χ0v) is 16.3. The zero-order valence-electron chi connectivity index (χ0n) is 16.3. The molecule has 1 aromatic carbocycles. The van der Waals surface area contributed by atoms with Gasteiger partial charge in [0, 0.05) is 31.6 Å². The molecule has 0 bridgehead atoms. The normalized spacial score (nSPS) is 27.9. The summed E-state index contributed by atoms with van der Waals surface area (Å²) in [7, 11) is 0. The van der Waals surface area contributed by atoms with Crippen molar-refractivity contribution in [1.29, 1.82) is 0 Å². The first-order valence-corrected chi connectivity index (χ1v) is 9.84. The maximum atomic E-state index is 12.2. The van der Waals surface area contributed by atoms with Crippen LogP contribution in [0.4, 0.5) is 0 Å². The molecule has 6 heteroatoms. The molecular weight excluding hydrogens is 340 g/mol. The number of rotatable bonds is 5. The zero-order chi connectivity index (χ0) is 19.0. The summed E-state index contributed by atoms with van der Waals surface area (Å²) in [6.45, 7) is 8.54. The lowest BCUT2D eigenvalue weighted by atomic mass is 9.80. The Bertz CT molecular complexity index is 804. The van der Waals surface area contributed by atoms with Gasteiger partial charge in [0.15, 0.2) is 5.82 Å². The summed E-state index contributed by atoms with van der Waals surface area (Å²) in [5, 5.41) is 7.27. The minimum absolute atomic E-state index is 0.00150. The average Bonchev–Trinajstić information content (AvgIpc) is 3.28. The van der Waals surface area contributed by atoms with Crippen LogP contribution < -0.4 is 5.32 Å². The number of hydrogen-bond acceptors (Lipinski definition) is 5. The van der Waals surface area contributed by atoms with Crippen LogP contribution in [0.1, 0.15) is 44.0 Å². The first-order chi connectivity index (χ1) is 13.0. The molecule has 1 aliphatic carbocycles. The fourth-order valence-corrected chi connectivity index (χ4v) is 4.75. The van der Waals surface area contributed by atoms with Crippen molar-refractivity contribution in [3.8, 4) is 0 Å². The number of aromatic nitrogens is 2. The molecule has 3 atom stereocenters.